The van der Waals surface area contributed by atoms with Gasteiger partial charge in [-0.2, -0.15) is 5.26 Å². The fourth-order valence-electron chi connectivity index (χ4n) is 3.65. The predicted octanol–water partition coefficient (Wildman–Crippen LogP) is 5.55. The molecule has 0 radical (unpaired) electrons. The fraction of sp³-hybridized carbons (Fsp3) is 0.364. The molecule has 2 heterocycles. The van der Waals surface area contributed by atoms with Crippen molar-refractivity contribution in [1.29, 1.82) is 5.26 Å². The minimum absolute atomic E-state index is 0.108. The SMILES string of the molecule is CC1(C)CCC(Oc2ncc(-c3[nH]c(-c4c(F)cccc4Cl)nc3C#N)cn2)CC1. The first kappa shape index (κ1) is 20.3. The Morgan fingerprint density at radius 1 is 1.23 bits per heavy atom. The highest BCUT2D eigenvalue weighted by atomic mass is 35.5. The van der Waals surface area contributed by atoms with E-state index in [1.165, 1.54) is 12.1 Å². The van der Waals surface area contributed by atoms with Crippen molar-refractivity contribution < 1.29 is 9.13 Å². The van der Waals surface area contributed by atoms with Crippen molar-refractivity contribution in [2.75, 3.05) is 0 Å². The Bertz CT molecular complexity index is 1070. The number of nitrogens with one attached hydrogen (secondary N) is 1. The van der Waals surface area contributed by atoms with Crippen LogP contribution in [0.5, 0.6) is 6.01 Å². The maximum atomic E-state index is 14.2. The normalized spacial score (nSPS) is 16.2. The van der Waals surface area contributed by atoms with E-state index < -0.39 is 5.82 Å². The van der Waals surface area contributed by atoms with Gasteiger partial charge in [0, 0.05) is 18.0 Å². The minimum atomic E-state index is -0.525. The number of hydrogen-bond donors (Lipinski definition) is 1. The van der Waals surface area contributed by atoms with Crippen LogP contribution in [0, 0.1) is 22.6 Å². The lowest BCUT2D eigenvalue weighted by Crippen LogP contribution is -2.28. The number of nitrogens with zero attached hydrogens (tertiary/aromatic N) is 4. The van der Waals surface area contributed by atoms with Gasteiger partial charge in [-0.05, 0) is 43.2 Å². The number of ether oxygens (including phenoxy) is 1. The molecule has 1 aliphatic rings. The van der Waals surface area contributed by atoms with Gasteiger partial charge in [-0.3, -0.25) is 0 Å². The summed E-state index contributed by atoms with van der Waals surface area (Å²) in [6, 6.07) is 6.68. The van der Waals surface area contributed by atoms with Crippen molar-refractivity contribution in [1.82, 2.24) is 19.9 Å². The Kier molecular flexibility index (Phi) is 5.44. The molecule has 2 aromatic heterocycles. The van der Waals surface area contributed by atoms with E-state index >= 15 is 0 Å². The van der Waals surface area contributed by atoms with E-state index in [2.05, 4.69) is 33.8 Å². The maximum Gasteiger partial charge on any atom is 0.316 e. The third kappa shape index (κ3) is 4.14. The third-order valence-electron chi connectivity index (χ3n) is 5.48. The smallest absolute Gasteiger partial charge is 0.316 e. The van der Waals surface area contributed by atoms with E-state index in [-0.39, 0.29) is 28.2 Å². The second-order valence-corrected chi connectivity index (χ2v) is 8.66. The van der Waals surface area contributed by atoms with Gasteiger partial charge in [0.15, 0.2) is 5.69 Å². The second-order valence-electron chi connectivity index (χ2n) is 8.25. The molecule has 1 N–H and O–H groups in total. The fourth-order valence-corrected chi connectivity index (χ4v) is 3.90. The summed E-state index contributed by atoms with van der Waals surface area (Å²) in [5.74, 6) is -0.349. The molecule has 0 unspecified atom stereocenters. The average molecular weight is 426 g/mol. The Balaban J connectivity index is 1.56. The summed E-state index contributed by atoms with van der Waals surface area (Å²) in [6.45, 7) is 4.54. The zero-order valence-corrected chi connectivity index (χ0v) is 17.5. The van der Waals surface area contributed by atoms with Crippen LogP contribution in [-0.2, 0) is 0 Å². The monoisotopic (exact) mass is 425 g/mol. The molecule has 30 heavy (non-hydrogen) atoms. The number of rotatable bonds is 4. The van der Waals surface area contributed by atoms with Crippen molar-refractivity contribution in [3.8, 4) is 34.7 Å². The topological polar surface area (TPSA) is 87.5 Å². The molecule has 0 amide bonds. The summed E-state index contributed by atoms with van der Waals surface area (Å²) in [7, 11) is 0. The summed E-state index contributed by atoms with van der Waals surface area (Å²) >= 11 is 6.12. The molecule has 1 fully saturated rings. The lowest BCUT2D eigenvalue weighted by molar-refractivity contribution is 0.0906. The number of benzene rings is 1. The Morgan fingerprint density at radius 2 is 1.93 bits per heavy atom. The van der Waals surface area contributed by atoms with Gasteiger partial charge >= 0.3 is 6.01 Å². The van der Waals surface area contributed by atoms with E-state index in [0.717, 1.165) is 25.7 Å². The van der Waals surface area contributed by atoms with Crippen molar-refractivity contribution in [2.45, 2.75) is 45.6 Å². The van der Waals surface area contributed by atoms with Crippen LogP contribution in [0.25, 0.3) is 22.6 Å². The summed E-state index contributed by atoms with van der Waals surface area (Å²) in [6.07, 6.45) is 7.41. The molecule has 1 aromatic carbocycles. The summed E-state index contributed by atoms with van der Waals surface area (Å²) in [4.78, 5) is 15.8. The molecule has 6 nitrogen and oxygen atoms in total. The van der Waals surface area contributed by atoms with Crippen LogP contribution in [0.15, 0.2) is 30.6 Å². The van der Waals surface area contributed by atoms with E-state index in [9.17, 15) is 9.65 Å². The highest BCUT2D eigenvalue weighted by Gasteiger charge is 2.28. The van der Waals surface area contributed by atoms with Gasteiger partial charge in [0.05, 0.1) is 16.3 Å². The predicted molar refractivity (Wildman–Crippen MR) is 111 cm³/mol. The highest BCUT2D eigenvalue weighted by Crippen LogP contribution is 2.36. The number of H-pyrrole nitrogens is 1. The lowest BCUT2D eigenvalue weighted by atomic mass is 9.76. The maximum absolute atomic E-state index is 14.2. The zero-order valence-electron chi connectivity index (χ0n) is 16.7. The van der Waals surface area contributed by atoms with Crippen molar-refractivity contribution >= 4 is 11.6 Å². The largest absolute Gasteiger partial charge is 0.460 e. The van der Waals surface area contributed by atoms with Crippen LogP contribution >= 0.6 is 11.6 Å². The molecule has 0 atom stereocenters. The molecule has 0 saturated heterocycles. The first-order chi connectivity index (χ1) is 14.4. The summed E-state index contributed by atoms with van der Waals surface area (Å²) in [5.41, 5.74) is 1.53. The van der Waals surface area contributed by atoms with Crippen LogP contribution in [-0.4, -0.2) is 26.0 Å². The first-order valence-electron chi connectivity index (χ1n) is 9.80. The van der Waals surface area contributed by atoms with Gasteiger partial charge in [0.25, 0.3) is 0 Å². The molecule has 0 spiro atoms. The average Bonchev–Trinajstić information content (AvgIpc) is 3.14. The van der Waals surface area contributed by atoms with Gasteiger partial charge in [0.2, 0.25) is 0 Å². The number of hydrogen-bond acceptors (Lipinski definition) is 5. The standard InChI is InChI=1S/C22H21ClFN5O/c1-22(2)8-6-14(7-9-22)30-21-26-11-13(12-27-21)19-17(10-25)28-20(29-19)18-15(23)4-3-5-16(18)24/h3-5,11-12,14H,6-9H2,1-2H3,(H,28,29). The quantitative estimate of drug-likeness (QED) is 0.592. The number of halogens is 2. The van der Waals surface area contributed by atoms with Crippen LogP contribution < -0.4 is 4.74 Å². The molecule has 8 heteroatoms. The number of nitriles is 1. The van der Waals surface area contributed by atoms with Crippen LogP contribution in [0.2, 0.25) is 5.02 Å². The van der Waals surface area contributed by atoms with E-state index in [1.54, 1.807) is 18.5 Å². The third-order valence-corrected chi connectivity index (χ3v) is 5.80. The Hall–Kier alpha value is -2.98. The minimum Gasteiger partial charge on any atom is -0.460 e. The Morgan fingerprint density at radius 3 is 2.57 bits per heavy atom. The van der Waals surface area contributed by atoms with Crippen molar-refractivity contribution in [2.24, 2.45) is 5.41 Å². The van der Waals surface area contributed by atoms with Crippen LogP contribution in [0.1, 0.15) is 45.2 Å². The molecule has 0 bridgehead atoms. The van der Waals surface area contributed by atoms with Crippen molar-refractivity contribution in [3.63, 3.8) is 0 Å². The van der Waals surface area contributed by atoms with Gasteiger partial charge in [-0.25, -0.2) is 19.3 Å². The molecule has 1 saturated carbocycles. The van der Waals surface area contributed by atoms with E-state index in [0.29, 0.717) is 22.7 Å². The molecule has 3 aromatic rings. The van der Waals surface area contributed by atoms with Gasteiger partial charge in [0.1, 0.15) is 23.8 Å². The zero-order chi connectivity index (χ0) is 21.3. The van der Waals surface area contributed by atoms with E-state index in [1.807, 2.05) is 6.07 Å². The number of aromatic amines is 1. The summed E-state index contributed by atoms with van der Waals surface area (Å²) in [5, 5.41) is 9.67. The second kappa shape index (κ2) is 8.04. The lowest BCUT2D eigenvalue weighted by Gasteiger charge is -2.33. The Labute approximate surface area is 179 Å². The van der Waals surface area contributed by atoms with Gasteiger partial charge in [-0.1, -0.05) is 31.5 Å². The van der Waals surface area contributed by atoms with Crippen molar-refractivity contribution in [3.05, 3.63) is 47.1 Å². The molecule has 4 rings (SSSR count). The van der Waals surface area contributed by atoms with Crippen LogP contribution in [0.3, 0.4) is 0 Å². The number of aromatic nitrogens is 4. The van der Waals surface area contributed by atoms with Gasteiger partial charge < -0.3 is 9.72 Å². The molecular formula is C22H21ClFN5O. The molecule has 154 valence electrons. The number of imidazole rings is 1. The summed E-state index contributed by atoms with van der Waals surface area (Å²) < 4.78 is 20.2. The van der Waals surface area contributed by atoms with Crippen LogP contribution in [0.4, 0.5) is 4.39 Å². The van der Waals surface area contributed by atoms with E-state index in [4.69, 9.17) is 16.3 Å². The molecule has 1 aliphatic carbocycles. The molecular weight excluding hydrogens is 405 g/mol. The highest BCUT2D eigenvalue weighted by molar-refractivity contribution is 6.33. The molecule has 0 aliphatic heterocycles. The van der Waals surface area contributed by atoms with Gasteiger partial charge in [-0.15, -0.1) is 0 Å². The first-order valence-corrected chi connectivity index (χ1v) is 10.2.